The Hall–Kier alpha value is -3.07. The van der Waals surface area contributed by atoms with Crippen LogP contribution in [-0.2, 0) is 23.0 Å². The van der Waals surface area contributed by atoms with Crippen LogP contribution in [0.3, 0.4) is 0 Å². The van der Waals surface area contributed by atoms with Crippen molar-refractivity contribution in [3.63, 3.8) is 0 Å². The van der Waals surface area contributed by atoms with Gasteiger partial charge in [-0.3, -0.25) is 0 Å². The molecule has 0 unspecified atom stereocenters. The lowest BCUT2D eigenvalue weighted by molar-refractivity contribution is 0.242. The predicted molar refractivity (Wildman–Crippen MR) is 119 cm³/mol. The average Bonchev–Trinajstić information content (AvgIpc) is 3.12. The molecule has 2 heterocycles. The van der Waals surface area contributed by atoms with Crippen LogP contribution in [0.25, 0.3) is 22.3 Å². The minimum Gasteiger partial charge on any atom is -0.308 e. The summed E-state index contributed by atoms with van der Waals surface area (Å²) in [4.78, 5) is 10.9. The van der Waals surface area contributed by atoms with Crippen molar-refractivity contribution in [1.82, 2.24) is 19.4 Å². The minimum atomic E-state index is -4.08. The van der Waals surface area contributed by atoms with Crippen LogP contribution in [0.5, 0.6) is 0 Å². The van der Waals surface area contributed by atoms with Gasteiger partial charge in [-0.25, -0.2) is 18.4 Å². The molecule has 0 saturated carbocycles. The fourth-order valence-corrected chi connectivity index (χ4v) is 4.74. The molecule has 0 aliphatic rings. The first-order valence-electron chi connectivity index (χ1n) is 10.0. The number of nitrogens with one attached hydrogen (secondary N) is 1. The van der Waals surface area contributed by atoms with E-state index in [1.165, 1.54) is 4.89 Å². The summed E-state index contributed by atoms with van der Waals surface area (Å²) in [7, 11) is -4.08. The minimum absolute atomic E-state index is 0.0153. The number of imidazole rings is 1. The monoisotopic (exact) mass is 436 g/mol. The van der Waals surface area contributed by atoms with Gasteiger partial charge in [0.1, 0.15) is 11.3 Å². The van der Waals surface area contributed by atoms with Crippen LogP contribution in [0.2, 0.25) is 0 Å². The highest BCUT2D eigenvalue weighted by Crippen LogP contribution is 2.29. The first-order chi connectivity index (χ1) is 14.8. The van der Waals surface area contributed by atoms with Gasteiger partial charge < -0.3 is 9.77 Å². The molecule has 0 fully saturated rings. The van der Waals surface area contributed by atoms with E-state index in [9.17, 15) is 13.6 Å². The summed E-state index contributed by atoms with van der Waals surface area (Å²) in [6.07, 6.45) is 0.723. The number of aromatic nitrogens is 3. The van der Waals surface area contributed by atoms with Gasteiger partial charge in [-0.1, -0.05) is 54.3 Å². The molecule has 0 aliphatic carbocycles. The van der Waals surface area contributed by atoms with Crippen LogP contribution < -0.4 is 4.89 Å². The fourth-order valence-electron chi connectivity index (χ4n) is 3.86. The van der Waals surface area contributed by atoms with Crippen molar-refractivity contribution in [3.05, 3.63) is 77.2 Å². The van der Waals surface area contributed by atoms with Gasteiger partial charge in [0, 0.05) is 17.7 Å². The third-order valence-electron chi connectivity index (χ3n) is 5.30. The average molecular weight is 437 g/mol. The SMILES string of the molecule is CCc1nc2c(C)cc(C)nc2n1Cc1ccc(-c2ccccc2)c(S(=O)(=O)NO)c1. The van der Waals surface area contributed by atoms with Crippen molar-refractivity contribution in [2.24, 2.45) is 0 Å². The Morgan fingerprint density at radius 2 is 1.77 bits per heavy atom. The Morgan fingerprint density at radius 3 is 2.45 bits per heavy atom. The molecule has 0 bridgehead atoms. The smallest absolute Gasteiger partial charge is 0.262 e. The molecule has 4 aromatic rings. The van der Waals surface area contributed by atoms with Crippen LogP contribution in [0, 0.1) is 13.8 Å². The van der Waals surface area contributed by atoms with E-state index in [0.29, 0.717) is 12.1 Å². The van der Waals surface area contributed by atoms with E-state index in [4.69, 9.17) is 4.98 Å². The molecule has 2 aromatic carbocycles. The molecular formula is C23H24N4O3S. The lowest BCUT2D eigenvalue weighted by Gasteiger charge is -2.13. The quantitative estimate of drug-likeness (QED) is 0.446. The van der Waals surface area contributed by atoms with E-state index in [1.54, 1.807) is 12.1 Å². The summed E-state index contributed by atoms with van der Waals surface area (Å²) in [5.74, 6) is 0.882. The largest absolute Gasteiger partial charge is 0.308 e. The second kappa shape index (κ2) is 8.22. The van der Waals surface area contributed by atoms with E-state index in [2.05, 4.69) is 4.98 Å². The Bertz CT molecular complexity index is 1360. The molecule has 0 atom stereocenters. The second-order valence-corrected chi connectivity index (χ2v) is 9.14. The topological polar surface area (TPSA) is 97.1 Å². The van der Waals surface area contributed by atoms with Crippen LogP contribution in [0.1, 0.15) is 29.6 Å². The molecule has 0 spiro atoms. The number of rotatable bonds is 6. The number of hydrogen-bond acceptors (Lipinski definition) is 5. The zero-order valence-electron chi connectivity index (χ0n) is 17.6. The standard InChI is InChI=1S/C23H24N4O3S/c1-4-21-25-22-15(2)12-16(3)24-23(22)27(21)14-17-10-11-19(18-8-6-5-7-9-18)20(13-17)31(29,30)26-28/h5-13,26,28H,4,14H2,1-3H3. The lowest BCUT2D eigenvalue weighted by atomic mass is 10.0. The van der Waals surface area contributed by atoms with Gasteiger partial charge in [0.15, 0.2) is 5.65 Å². The molecule has 0 radical (unpaired) electrons. The normalized spacial score (nSPS) is 11.9. The van der Waals surface area contributed by atoms with Gasteiger partial charge >= 0.3 is 0 Å². The fraction of sp³-hybridized carbons (Fsp3) is 0.217. The van der Waals surface area contributed by atoms with Crippen molar-refractivity contribution >= 4 is 21.2 Å². The first kappa shape index (κ1) is 21.2. The predicted octanol–water partition coefficient (Wildman–Crippen LogP) is 3.99. The maximum atomic E-state index is 12.6. The number of nitrogens with zero attached hydrogens (tertiary/aromatic N) is 3. The Morgan fingerprint density at radius 1 is 1.03 bits per heavy atom. The molecule has 2 N–H and O–H groups in total. The van der Waals surface area contributed by atoms with Gasteiger partial charge in [0.05, 0.1) is 11.4 Å². The molecule has 7 nitrogen and oxygen atoms in total. The van der Waals surface area contributed by atoms with E-state index in [-0.39, 0.29) is 4.90 Å². The van der Waals surface area contributed by atoms with Gasteiger partial charge in [0.25, 0.3) is 10.0 Å². The summed E-state index contributed by atoms with van der Waals surface area (Å²) in [6, 6.07) is 16.5. The Kier molecular flexibility index (Phi) is 5.62. The van der Waals surface area contributed by atoms with Gasteiger partial charge in [-0.2, -0.15) is 0 Å². The van der Waals surface area contributed by atoms with Crippen LogP contribution in [0.15, 0.2) is 59.5 Å². The number of benzene rings is 2. The highest BCUT2D eigenvalue weighted by molar-refractivity contribution is 7.89. The third kappa shape index (κ3) is 3.97. The summed E-state index contributed by atoms with van der Waals surface area (Å²) >= 11 is 0. The molecule has 31 heavy (non-hydrogen) atoms. The van der Waals surface area contributed by atoms with Gasteiger partial charge in [-0.15, -0.1) is 0 Å². The molecule has 0 amide bonds. The molecule has 8 heteroatoms. The number of aryl methyl sites for hydroxylation is 3. The number of fused-ring (bicyclic) bond motifs is 1. The van der Waals surface area contributed by atoms with Crippen molar-refractivity contribution in [3.8, 4) is 11.1 Å². The summed E-state index contributed by atoms with van der Waals surface area (Å²) < 4.78 is 27.2. The van der Waals surface area contributed by atoms with Gasteiger partial charge in [-0.05, 0) is 42.7 Å². The van der Waals surface area contributed by atoms with Crippen molar-refractivity contribution in [2.45, 2.75) is 38.6 Å². The molecule has 0 aliphatic heterocycles. The van der Waals surface area contributed by atoms with Crippen molar-refractivity contribution in [2.75, 3.05) is 0 Å². The molecule has 160 valence electrons. The molecule has 0 saturated heterocycles. The maximum Gasteiger partial charge on any atom is 0.262 e. The highest BCUT2D eigenvalue weighted by atomic mass is 32.2. The zero-order chi connectivity index (χ0) is 22.2. The van der Waals surface area contributed by atoms with E-state index in [0.717, 1.165) is 45.8 Å². The van der Waals surface area contributed by atoms with E-state index in [1.807, 2.05) is 67.8 Å². The van der Waals surface area contributed by atoms with E-state index < -0.39 is 10.0 Å². The molecule has 2 aromatic heterocycles. The summed E-state index contributed by atoms with van der Waals surface area (Å²) in [6.45, 7) is 6.41. The van der Waals surface area contributed by atoms with Crippen LogP contribution in [-0.4, -0.2) is 28.2 Å². The molecular weight excluding hydrogens is 412 g/mol. The summed E-state index contributed by atoms with van der Waals surface area (Å²) in [5, 5.41) is 9.29. The van der Waals surface area contributed by atoms with E-state index >= 15 is 0 Å². The lowest BCUT2D eigenvalue weighted by Crippen LogP contribution is -2.20. The number of sulfonamides is 1. The number of pyridine rings is 1. The third-order valence-corrected chi connectivity index (χ3v) is 6.46. The first-order valence-corrected chi connectivity index (χ1v) is 11.5. The maximum absolute atomic E-state index is 12.6. The zero-order valence-corrected chi connectivity index (χ0v) is 18.4. The molecule has 4 rings (SSSR count). The van der Waals surface area contributed by atoms with Crippen LogP contribution >= 0.6 is 0 Å². The highest BCUT2D eigenvalue weighted by Gasteiger charge is 2.20. The van der Waals surface area contributed by atoms with Crippen molar-refractivity contribution < 1.29 is 13.6 Å². The second-order valence-electron chi connectivity index (χ2n) is 7.51. The Balaban J connectivity index is 1.86. The summed E-state index contributed by atoms with van der Waals surface area (Å²) in [5.41, 5.74) is 5.63. The number of hydrogen-bond donors (Lipinski definition) is 2. The van der Waals surface area contributed by atoms with Gasteiger partial charge in [0.2, 0.25) is 0 Å². The van der Waals surface area contributed by atoms with Crippen LogP contribution in [0.4, 0.5) is 0 Å². The van der Waals surface area contributed by atoms with Crippen molar-refractivity contribution in [1.29, 1.82) is 0 Å². The Labute approximate surface area is 181 Å².